The summed E-state index contributed by atoms with van der Waals surface area (Å²) in [5.41, 5.74) is -0.129. The zero-order valence-corrected chi connectivity index (χ0v) is 11.3. The molecule has 1 atom stereocenters. The van der Waals surface area contributed by atoms with Gasteiger partial charge in [-0.05, 0) is 19.4 Å². The molecule has 1 unspecified atom stereocenters. The molecule has 0 radical (unpaired) electrons. The molecule has 0 amide bonds. The first-order chi connectivity index (χ1) is 9.61. The molecule has 0 spiro atoms. The van der Waals surface area contributed by atoms with Gasteiger partial charge in [0.05, 0.1) is 23.8 Å². The minimum Gasteiger partial charge on any atom is -0.490 e. The van der Waals surface area contributed by atoms with Crippen molar-refractivity contribution in [3.05, 3.63) is 28.1 Å². The normalized spacial score (nSPS) is 19.2. The number of hydrogen-bond donors (Lipinski definition) is 2. The maximum Gasteiger partial charge on any atom is 0.313 e. The first-order valence-corrected chi connectivity index (χ1v) is 6.61. The lowest BCUT2D eigenvalue weighted by Crippen LogP contribution is -2.31. The zero-order valence-electron chi connectivity index (χ0n) is 11.3. The second kappa shape index (κ2) is 6.51. The minimum absolute atomic E-state index is 0.0560. The predicted octanol–water partition coefficient (Wildman–Crippen LogP) is 2.30. The summed E-state index contributed by atoms with van der Waals surface area (Å²) in [5, 5.41) is 17.2. The number of benzene rings is 1. The molecule has 1 fully saturated rings. The van der Waals surface area contributed by atoms with Crippen molar-refractivity contribution in [3.63, 3.8) is 0 Å². The van der Waals surface area contributed by atoms with Crippen molar-refractivity contribution in [2.75, 3.05) is 25.5 Å². The highest BCUT2D eigenvalue weighted by Crippen LogP contribution is 2.32. The summed E-state index contributed by atoms with van der Waals surface area (Å²) in [5.74, 6) is -0.581. The largest absolute Gasteiger partial charge is 0.490 e. The number of methoxy groups -OCH3 is 1. The van der Waals surface area contributed by atoms with Crippen molar-refractivity contribution in [2.24, 2.45) is 0 Å². The Hall–Kier alpha value is -1.89. The molecule has 1 aliphatic rings. The number of ether oxygens (including phenoxy) is 1. The van der Waals surface area contributed by atoms with Crippen LogP contribution in [0.2, 0.25) is 0 Å². The van der Waals surface area contributed by atoms with E-state index in [1.54, 1.807) is 0 Å². The molecule has 110 valence electrons. The Labute approximate surface area is 116 Å². The Morgan fingerprint density at radius 1 is 1.50 bits per heavy atom. The Bertz CT molecular complexity index is 488. The summed E-state index contributed by atoms with van der Waals surface area (Å²) >= 11 is 0. The Morgan fingerprint density at radius 2 is 2.30 bits per heavy atom. The van der Waals surface area contributed by atoms with Crippen molar-refractivity contribution in [3.8, 4) is 5.75 Å². The molecule has 1 aromatic rings. The first-order valence-electron chi connectivity index (χ1n) is 6.61. The van der Waals surface area contributed by atoms with Crippen LogP contribution >= 0.6 is 0 Å². The molecule has 2 rings (SSSR count). The average molecular weight is 283 g/mol. The van der Waals surface area contributed by atoms with Crippen LogP contribution in [0.1, 0.15) is 19.3 Å². The van der Waals surface area contributed by atoms with Gasteiger partial charge in [-0.25, -0.2) is 4.39 Å². The molecule has 0 aliphatic carbocycles. The molecule has 1 heterocycles. The highest BCUT2D eigenvalue weighted by atomic mass is 19.1. The fourth-order valence-corrected chi connectivity index (χ4v) is 2.32. The van der Waals surface area contributed by atoms with Crippen molar-refractivity contribution in [1.29, 1.82) is 0 Å². The third kappa shape index (κ3) is 3.36. The lowest BCUT2D eigenvalue weighted by Gasteiger charge is -2.18. The Morgan fingerprint density at radius 3 is 3.00 bits per heavy atom. The fourth-order valence-electron chi connectivity index (χ4n) is 2.32. The lowest BCUT2D eigenvalue weighted by molar-refractivity contribution is -0.385. The van der Waals surface area contributed by atoms with Crippen LogP contribution in [0.25, 0.3) is 0 Å². The van der Waals surface area contributed by atoms with Crippen molar-refractivity contribution in [1.82, 2.24) is 5.32 Å². The van der Waals surface area contributed by atoms with E-state index in [1.807, 2.05) is 0 Å². The molecule has 7 heteroatoms. The minimum atomic E-state index is -0.654. The molecule has 20 heavy (non-hydrogen) atoms. The van der Waals surface area contributed by atoms with E-state index >= 15 is 0 Å². The van der Waals surface area contributed by atoms with Gasteiger partial charge in [0.15, 0.2) is 11.6 Å². The number of anilines is 1. The first kappa shape index (κ1) is 14.5. The molecular weight excluding hydrogens is 265 g/mol. The van der Waals surface area contributed by atoms with Crippen LogP contribution in [0.3, 0.4) is 0 Å². The highest BCUT2D eigenvalue weighted by molar-refractivity contribution is 5.59. The van der Waals surface area contributed by atoms with E-state index in [9.17, 15) is 14.5 Å². The van der Waals surface area contributed by atoms with Crippen LogP contribution in [0.5, 0.6) is 5.75 Å². The van der Waals surface area contributed by atoms with Gasteiger partial charge in [0.25, 0.3) is 0 Å². The standard InChI is InChI=1S/C13H18FN3O3/c1-20-13-7-11(10(14)6-12(13)17(18)19)16-9-4-2-3-5-15-8-9/h6-7,9,15-16H,2-5,8H2,1H3. The second-order valence-electron chi connectivity index (χ2n) is 4.80. The van der Waals surface area contributed by atoms with Gasteiger partial charge in [-0.2, -0.15) is 0 Å². The average Bonchev–Trinajstić information content (AvgIpc) is 2.69. The molecule has 1 saturated heterocycles. The van der Waals surface area contributed by atoms with Crippen LogP contribution in [-0.2, 0) is 0 Å². The number of nitrogens with one attached hydrogen (secondary N) is 2. The predicted molar refractivity (Wildman–Crippen MR) is 73.7 cm³/mol. The van der Waals surface area contributed by atoms with Crippen molar-refractivity contribution in [2.45, 2.75) is 25.3 Å². The third-order valence-corrected chi connectivity index (χ3v) is 3.37. The molecule has 2 N–H and O–H groups in total. The van der Waals surface area contributed by atoms with Crippen LogP contribution < -0.4 is 15.4 Å². The number of nitro benzene ring substituents is 1. The topological polar surface area (TPSA) is 76.4 Å². The number of halogens is 1. The quantitative estimate of drug-likeness (QED) is 0.655. The van der Waals surface area contributed by atoms with E-state index < -0.39 is 10.7 Å². The summed E-state index contributed by atoms with van der Waals surface area (Å²) in [6.45, 7) is 1.71. The summed E-state index contributed by atoms with van der Waals surface area (Å²) in [4.78, 5) is 10.2. The smallest absolute Gasteiger partial charge is 0.313 e. The highest BCUT2D eigenvalue weighted by Gasteiger charge is 2.21. The van der Waals surface area contributed by atoms with E-state index in [2.05, 4.69) is 10.6 Å². The monoisotopic (exact) mass is 283 g/mol. The molecule has 0 saturated carbocycles. The summed E-state index contributed by atoms with van der Waals surface area (Å²) < 4.78 is 18.9. The van der Waals surface area contributed by atoms with Crippen molar-refractivity contribution >= 4 is 11.4 Å². The van der Waals surface area contributed by atoms with Gasteiger partial charge in [-0.15, -0.1) is 0 Å². The molecule has 6 nitrogen and oxygen atoms in total. The Kier molecular flexibility index (Phi) is 4.73. The number of rotatable bonds is 4. The lowest BCUT2D eigenvalue weighted by atomic mass is 10.1. The number of nitrogens with zero attached hydrogens (tertiary/aromatic N) is 1. The van der Waals surface area contributed by atoms with Crippen LogP contribution in [-0.4, -0.2) is 31.2 Å². The molecule has 1 aromatic carbocycles. The summed E-state index contributed by atoms with van der Waals surface area (Å²) in [7, 11) is 1.33. The SMILES string of the molecule is COc1cc(NC2CCCCNC2)c(F)cc1[N+](=O)[O-]. The van der Waals surface area contributed by atoms with E-state index in [4.69, 9.17) is 4.74 Å². The van der Waals surface area contributed by atoms with Gasteiger partial charge >= 0.3 is 5.69 Å². The van der Waals surface area contributed by atoms with E-state index in [1.165, 1.54) is 13.2 Å². The maximum absolute atomic E-state index is 13.9. The molecular formula is C13H18FN3O3. The van der Waals surface area contributed by atoms with Crippen LogP contribution in [0.15, 0.2) is 12.1 Å². The zero-order chi connectivity index (χ0) is 14.5. The maximum atomic E-state index is 13.9. The van der Waals surface area contributed by atoms with Crippen LogP contribution in [0, 0.1) is 15.9 Å². The van der Waals surface area contributed by atoms with Gasteiger partial charge in [0.1, 0.15) is 0 Å². The fraction of sp³-hybridized carbons (Fsp3) is 0.538. The van der Waals surface area contributed by atoms with Crippen LogP contribution in [0.4, 0.5) is 15.8 Å². The Balaban J connectivity index is 2.20. The summed E-state index contributed by atoms with van der Waals surface area (Å²) in [6, 6.07) is 2.35. The number of hydrogen-bond acceptors (Lipinski definition) is 5. The van der Waals surface area contributed by atoms with Crippen molar-refractivity contribution < 1.29 is 14.1 Å². The van der Waals surface area contributed by atoms with E-state index in [0.717, 1.165) is 38.4 Å². The van der Waals surface area contributed by atoms with Gasteiger partial charge in [0, 0.05) is 18.7 Å². The van der Waals surface area contributed by atoms with Gasteiger partial charge < -0.3 is 15.4 Å². The molecule has 0 bridgehead atoms. The summed E-state index contributed by atoms with van der Waals surface area (Å²) in [6.07, 6.45) is 3.10. The van der Waals surface area contributed by atoms with Gasteiger partial charge in [-0.1, -0.05) is 6.42 Å². The van der Waals surface area contributed by atoms with Gasteiger partial charge in [-0.3, -0.25) is 10.1 Å². The van der Waals surface area contributed by atoms with Gasteiger partial charge in [0.2, 0.25) is 0 Å². The second-order valence-corrected chi connectivity index (χ2v) is 4.80. The number of nitro groups is 1. The van der Waals surface area contributed by atoms with E-state index in [0.29, 0.717) is 0 Å². The molecule has 1 aliphatic heterocycles. The molecule has 0 aromatic heterocycles. The van der Waals surface area contributed by atoms with E-state index in [-0.39, 0.29) is 23.2 Å². The third-order valence-electron chi connectivity index (χ3n) is 3.37.